The van der Waals surface area contributed by atoms with E-state index in [1.807, 2.05) is 24.6 Å². The van der Waals surface area contributed by atoms with Crippen LogP contribution in [0.15, 0.2) is 30.5 Å². The SMILES string of the molecule is CCn1nccc1C(C)NC(=S)Nc1ccc(C)cc1OC(F)F. The van der Waals surface area contributed by atoms with E-state index in [1.165, 1.54) is 6.07 Å². The summed E-state index contributed by atoms with van der Waals surface area (Å²) in [6.45, 7) is 3.60. The van der Waals surface area contributed by atoms with Crippen molar-refractivity contribution in [3.8, 4) is 5.75 Å². The van der Waals surface area contributed by atoms with Crippen molar-refractivity contribution in [3.05, 3.63) is 41.7 Å². The largest absolute Gasteiger partial charge is 0.433 e. The molecule has 0 bridgehead atoms. The van der Waals surface area contributed by atoms with E-state index in [0.29, 0.717) is 10.8 Å². The molecule has 130 valence electrons. The maximum absolute atomic E-state index is 12.5. The maximum Gasteiger partial charge on any atom is 0.387 e. The molecule has 1 atom stereocenters. The van der Waals surface area contributed by atoms with Crippen molar-refractivity contribution in [1.29, 1.82) is 0 Å². The molecule has 0 saturated carbocycles. The average molecular weight is 354 g/mol. The summed E-state index contributed by atoms with van der Waals surface area (Å²) >= 11 is 5.28. The first-order valence-corrected chi connectivity index (χ1v) is 7.96. The summed E-state index contributed by atoms with van der Waals surface area (Å²) in [5, 5.41) is 10.6. The van der Waals surface area contributed by atoms with Gasteiger partial charge in [0.1, 0.15) is 5.75 Å². The Morgan fingerprint density at radius 2 is 2.12 bits per heavy atom. The minimum atomic E-state index is -2.90. The van der Waals surface area contributed by atoms with Crippen molar-refractivity contribution in [2.24, 2.45) is 0 Å². The summed E-state index contributed by atoms with van der Waals surface area (Å²) in [4.78, 5) is 0. The van der Waals surface area contributed by atoms with Gasteiger partial charge in [0.05, 0.1) is 17.4 Å². The molecule has 1 heterocycles. The molecule has 1 aromatic heterocycles. The van der Waals surface area contributed by atoms with Gasteiger partial charge in [0.25, 0.3) is 0 Å². The van der Waals surface area contributed by atoms with E-state index < -0.39 is 6.61 Å². The van der Waals surface area contributed by atoms with Crippen molar-refractivity contribution in [2.45, 2.75) is 40.0 Å². The fourth-order valence-corrected chi connectivity index (χ4v) is 2.62. The Labute approximate surface area is 145 Å². The average Bonchev–Trinajstić information content (AvgIpc) is 2.98. The maximum atomic E-state index is 12.5. The molecule has 2 aromatic rings. The number of nitrogens with one attached hydrogen (secondary N) is 2. The van der Waals surface area contributed by atoms with Crippen molar-refractivity contribution >= 4 is 23.0 Å². The fourth-order valence-electron chi connectivity index (χ4n) is 2.33. The molecule has 2 rings (SSSR count). The Bertz CT molecular complexity index is 705. The zero-order chi connectivity index (χ0) is 17.7. The van der Waals surface area contributed by atoms with Gasteiger partial charge in [0.15, 0.2) is 5.11 Å². The van der Waals surface area contributed by atoms with Crippen LogP contribution in [0, 0.1) is 6.92 Å². The van der Waals surface area contributed by atoms with E-state index >= 15 is 0 Å². The number of rotatable bonds is 6. The highest BCUT2D eigenvalue weighted by Gasteiger charge is 2.14. The van der Waals surface area contributed by atoms with Crippen molar-refractivity contribution in [3.63, 3.8) is 0 Å². The van der Waals surface area contributed by atoms with Gasteiger partial charge in [-0.25, -0.2) is 0 Å². The Kier molecular flexibility index (Phi) is 6.08. The summed E-state index contributed by atoms with van der Waals surface area (Å²) in [6, 6.07) is 6.80. The number of ether oxygens (including phenoxy) is 1. The summed E-state index contributed by atoms with van der Waals surface area (Å²) in [6.07, 6.45) is 1.72. The third-order valence-electron chi connectivity index (χ3n) is 3.44. The molecule has 5 nitrogen and oxygen atoms in total. The first-order valence-electron chi connectivity index (χ1n) is 7.55. The number of alkyl halides is 2. The number of aromatic nitrogens is 2. The molecule has 1 aromatic carbocycles. The lowest BCUT2D eigenvalue weighted by Crippen LogP contribution is -2.32. The molecule has 0 fully saturated rings. The molecular formula is C16H20F2N4OS. The van der Waals surface area contributed by atoms with Crippen molar-refractivity contribution < 1.29 is 13.5 Å². The molecule has 0 aliphatic heterocycles. The molecule has 0 spiro atoms. The Hall–Kier alpha value is -2.22. The van der Waals surface area contributed by atoms with E-state index in [0.717, 1.165) is 17.8 Å². The van der Waals surface area contributed by atoms with Crippen LogP contribution >= 0.6 is 12.2 Å². The van der Waals surface area contributed by atoms with E-state index in [1.54, 1.807) is 25.3 Å². The topological polar surface area (TPSA) is 51.1 Å². The molecular weight excluding hydrogens is 334 g/mol. The molecule has 24 heavy (non-hydrogen) atoms. The van der Waals surface area contributed by atoms with Gasteiger partial charge in [-0.05, 0) is 56.8 Å². The summed E-state index contributed by atoms with van der Waals surface area (Å²) in [5.41, 5.74) is 2.18. The predicted octanol–water partition coefficient (Wildman–Crippen LogP) is 3.86. The summed E-state index contributed by atoms with van der Waals surface area (Å²) in [5.74, 6) is 0.0559. The van der Waals surface area contributed by atoms with E-state index in [9.17, 15) is 8.78 Å². The van der Waals surface area contributed by atoms with Gasteiger partial charge in [-0.1, -0.05) is 6.07 Å². The van der Waals surface area contributed by atoms with Crippen LogP contribution in [0.1, 0.15) is 31.1 Å². The minimum Gasteiger partial charge on any atom is -0.433 e. The smallest absolute Gasteiger partial charge is 0.387 e. The molecule has 0 aliphatic rings. The number of nitrogens with zero attached hydrogens (tertiary/aromatic N) is 2. The minimum absolute atomic E-state index is 0.0559. The van der Waals surface area contributed by atoms with Gasteiger partial charge in [-0.2, -0.15) is 13.9 Å². The first kappa shape index (κ1) is 18.1. The van der Waals surface area contributed by atoms with Gasteiger partial charge >= 0.3 is 6.61 Å². The number of hydrogen-bond acceptors (Lipinski definition) is 3. The second-order valence-electron chi connectivity index (χ2n) is 5.27. The van der Waals surface area contributed by atoms with Crippen LogP contribution in [0.5, 0.6) is 5.75 Å². The third-order valence-corrected chi connectivity index (χ3v) is 3.66. The van der Waals surface area contributed by atoms with Crippen LogP contribution < -0.4 is 15.4 Å². The van der Waals surface area contributed by atoms with Crippen LogP contribution in [-0.2, 0) is 6.54 Å². The zero-order valence-corrected chi connectivity index (χ0v) is 14.5. The van der Waals surface area contributed by atoms with Gasteiger partial charge in [-0.15, -0.1) is 0 Å². The van der Waals surface area contributed by atoms with Crippen LogP contribution in [0.4, 0.5) is 14.5 Å². The van der Waals surface area contributed by atoms with E-state index in [2.05, 4.69) is 20.5 Å². The Balaban J connectivity index is 2.07. The highest BCUT2D eigenvalue weighted by molar-refractivity contribution is 7.80. The van der Waals surface area contributed by atoms with Crippen LogP contribution in [0.2, 0.25) is 0 Å². The number of thiocarbonyl (C=S) groups is 1. The molecule has 0 amide bonds. The van der Waals surface area contributed by atoms with Gasteiger partial charge < -0.3 is 15.4 Å². The molecule has 0 saturated heterocycles. The predicted molar refractivity (Wildman–Crippen MR) is 93.5 cm³/mol. The molecule has 0 radical (unpaired) electrons. The number of benzene rings is 1. The van der Waals surface area contributed by atoms with Gasteiger partial charge in [0.2, 0.25) is 0 Å². The Morgan fingerprint density at radius 3 is 2.79 bits per heavy atom. The van der Waals surface area contributed by atoms with Crippen molar-refractivity contribution in [1.82, 2.24) is 15.1 Å². The molecule has 0 aliphatic carbocycles. The summed E-state index contributed by atoms with van der Waals surface area (Å²) < 4.78 is 31.5. The fraction of sp³-hybridized carbons (Fsp3) is 0.375. The van der Waals surface area contributed by atoms with E-state index in [4.69, 9.17) is 12.2 Å². The van der Waals surface area contributed by atoms with Gasteiger partial charge in [-0.3, -0.25) is 4.68 Å². The number of hydrogen-bond donors (Lipinski definition) is 2. The third kappa shape index (κ3) is 4.64. The molecule has 1 unspecified atom stereocenters. The number of aryl methyl sites for hydroxylation is 2. The monoisotopic (exact) mass is 354 g/mol. The highest BCUT2D eigenvalue weighted by atomic mass is 32.1. The number of halogens is 2. The quantitative estimate of drug-likeness (QED) is 0.772. The Morgan fingerprint density at radius 1 is 1.38 bits per heavy atom. The lowest BCUT2D eigenvalue weighted by Gasteiger charge is -2.19. The second-order valence-corrected chi connectivity index (χ2v) is 5.68. The lowest BCUT2D eigenvalue weighted by atomic mass is 10.2. The molecule has 8 heteroatoms. The first-order chi connectivity index (χ1) is 11.4. The lowest BCUT2D eigenvalue weighted by molar-refractivity contribution is -0.0493. The zero-order valence-electron chi connectivity index (χ0n) is 13.7. The van der Waals surface area contributed by atoms with Crippen LogP contribution in [0.3, 0.4) is 0 Å². The van der Waals surface area contributed by atoms with E-state index in [-0.39, 0.29) is 11.8 Å². The van der Waals surface area contributed by atoms with Crippen LogP contribution in [-0.4, -0.2) is 21.5 Å². The molecule has 2 N–H and O–H groups in total. The second kappa shape index (κ2) is 8.05. The number of anilines is 1. The standard InChI is InChI=1S/C16H20F2N4OS/c1-4-22-13(7-8-19-22)11(3)20-16(24)21-12-6-5-10(2)9-14(12)23-15(17)18/h5-9,11,15H,4H2,1-3H3,(H2,20,21,24). The highest BCUT2D eigenvalue weighted by Crippen LogP contribution is 2.27. The normalized spacial score (nSPS) is 12.1. The van der Waals surface area contributed by atoms with Crippen LogP contribution in [0.25, 0.3) is 0 Å². The van der Waals surface area contributed by atoms with Crippen molar-refractivity contribution in [2.75, 3.05) is 5.32 Å². The van der Waals surface area contributed by atoms with Gasteiger partial charge in [0, 0.05) is 12.7 Å². The summed E-state index contributed by atoms with van der Waals surface area (Å²) in [7, 11) is 0.